The first-order valence-corrected chi connectivity index (χ1v) is 6.18. The molecule has 1 fully saturated rings. The standard InChI is InChI=1S/C12H15BrFN.ClH/c13-10-6-5-9(7-11(10)14)12(15)8-3-1-2-4-8;/h5-8,12H,1-4,15H2;1H/t12-;/m1./s1. The maximum Gasteiger partial charge on any atom is 0.137 e. The molecule has 0 unspecified atom stereocenters. The van der Waals surface area contributed by atoms with Gasteiger partial charge >= 0.3 is 0 Å². The second-order valence-corrected chi connectivity index (χ2v) is 5.10. The Bertz CT molecular complexity index is 353. The maximum atomic E-state index is 13.3. The molecule has 90 valence electrons. The van der Waals surface area contributed by atoms with Crippen LogP contribution in [0.5, 0.6) is 0 Å². The molecule has 1 aliphatic carbocycles. The minimum Gasteiger partial charge on any atom is -0.324 e. The molecule has 0 amide bonds. The predicted molar refractivity (Wildman–Crippen MR) is 70.2 cm³/mol. The van der Waals surface area contributed by atoms with Gasteiger partial charge in [-0.3, -0.25) is 0 Å². The molecule has 0 saturated heterocycles. The summed E-state index contributed by atoms with van der Waals surface area (Å²) in [4.78, 5) is 0. The van der Waals surface area contributed by atoms with Crippen molar-refractivity contribution in [2.75, 3.05) is 0 Å². The molecule has 1 aromatic rings. The van der Waals surface area contributed by atoms with E-state index in [4.69, 9.17) is 5.73 Å². The fraction of sp³-hybridized carbons (Fsp3) is 0.500. The first-order valence-electron chi connectivity index (χ1n) is 5.39. The molecule has 1 saturated carbocycles. The molecule has 16 heavy (non-hydrogen) atoms. The number of nitrogens with two attached hydrogens (primary N) is 1. The second kappa shape index (κ2) is 5.99. The average Bonchev–Trinajstić information content (AvgIpc) is 2.74. The van der Waals surface area contributed by atoms with Gasteiger partial charge in [0.25, 0.3) is 0 Å². The molecule has 1 aromatic carbocycles. The van der Waals surface area contributed by atoms with Crippen LogP contribution in [0.1, 0.15) is 37.3 Å². The average molecular weight is 309 g/mol. The van der Waals surface area contributed by atoms with E-state index in [0.717, 1.165) is 5.56 Å². The van der Waals surface area contributed by atoms with Crippen molar-refractivity contribution in [3.05, 3.63) is 34.1 Å². The molecule has 1 atom stereocenters. The second-order valence-electron chi connectivity index (χ2n) is 4.24. The van der Waals surface area contributed by atoms with Crippen LogP contribution in [0.25, 0.3) is 0 Å². The Morgan fingerprint density at radius 2 is 1.94 bits per heavy atom. The lowest BCUT2D eigenvalue weighted by atomic mass is 9.92. The number of rotatable bonds is 2. The number of hydrogen-bond acceptors (Lipinski definition) is 1. The van der Waals surface area contributed by atoms with Gasteiger partial charge in [-0.15, -0.1) is 12.4 Å². The van der Waals surface area contributed by atoms with E-state index >= 15 is 0 Å². The van der Waals surface area contributed by atoms with Gasteiger partial charge in [-0.1, -0.05) is 18.9 Å². The summed E-state index contributed by atoms with van der Waals surface area (Å²) in [6.07, 6.45) is 4.88. The molecule has 0 spiro atoms. The van der Waals surface area contributed by atoms with Crippen LogP contribution in [0.15, 0.2) is 22.7 Å². The van der Waals surface area contributed by atoms with Crippen LogP contribution < -0.4 is 5.73 Å². The number of benzene rings is 1. The Kier molecular flexibility index (Phi) is 5.22. The van der Waals surface area contributed by atoms with Crippen molar-refractivity contribution in [2.45, 2.75) is 31.7 Å². The minimum absolute atomic E-state index is 0. The highest BCUT2D eigenvalue weighted by atomic mass is 79.9. The van der Waals surface area contributed by atoms with Crippen molar-refractivity contribution in [1.82, 2.24) is 0 Å². The van der Waals surface area contributed by atoms with Crippen LogP contribution in [-0.4, -0.2) is 0 Å². The summed E-state index contributed by atoms with van der Waals surface area (Å²) < 4.78 is 13.8. The Morgan fingerprint density at radius 3 is 2.50 bits per heavy atom. The monoisotopic (exact) mass is 307 g/mol. The number of hydrogen-bond donors (Lipinski definition) is 1. The Hall–Kier alpha value is -0.120. The highest BCUT2D eigenvalue weighted by Crippen LogP contribution is 2.34. The molecule has 0 aliphatic heterocycles. The molecule has 4 heteroatoms. The first kappa shape index (κ1) is 13.9. The normalized spacial score (nSPS) is 18.2. The molecule has 1 aliphatic rings. The summed E-state index contributed by atoms with van der Waals surface area (Å²) in [6.45, 7) is 0. The molecule has 2 N–H and O–H groups in total. The zero-order chi connectivity index (χ0) is 10.8. The van der Waals surface area contributed by atoms with Crippen molar-refractivity contribution in [3.8, 4) is 0 Å². The quantitative estimate of drug-likeness (QED) is 0.870. The van der Waals surface area contributed by atoms with Gasteiger partial charge < -0.3 is 5.73 Å². The summed E-state index contributed by atoms with van der Waals surface area (Å²) in [5.41, 5.74) is 7.06. The third-order valence-electron chi connectivity index (χ3n) is 3.24. The largest absolute Gasteiger partial charge is 0.324 e. The van der Waals surface area contributed by atoms with Gasteiger partial charge in [0.05, 0.1) is 4.47 Å². The van der Waals surface area contributed by atoms with E-state index in [1.54, 1.807) is 12.1 Å². The fourth-order valence-electron chi connectivity index (χ4n) is 2.31. The van der Waals surface area contributed by atoms with Gasteiger partial charge in [0.15, 0.2) is 0 Å². The molecule has 2 rings (SSSR count). The Balaban J connectivity index is 0.00000128. The predicted octanol–water partition coefficient (Wildman–Crippen LogP) is 4.20. The van der Waals surface area contributed by atoms with Gasteiger partial charge in [-0.25, -0.2) is 4.39 Å². The zero-order valence-corrected chi connectivity index (χ0v) is 11.4. The van der Waals surface area contributed by atoms with E-state index in [0.29, 0.717) is 10.4 Å². The highest BCUT2D eigenvalue weighted by Gasteiger charge is 2.23. The topological polar surface area (TPSA) is 26.0 Å². The van der Waals surface area contributed by atoms with Crippen molar-refractivity contribution >= 4 is 28.3 Å². The minimum atomic E-state index is -0.221. The summed E-state index contributed by atoms with van der Waals surface area (Å²) in [7, 11) is 0. The lowest BCUT2D eigenvalue weighted by Crippen LogP contribution is -2.19. The van der Waals surface area contributed by atoms with Crippen LogP contribution in [0.2, 0.25) is 0 Å². The molecule has 0 bridgehead atoms. The van der Waals surface area contributed by atoms with Crippen molar-refractivity contribution in [3.63, 3.8) is 0 Å². The van der Waals surface area contributed by atoms with E-state index in [1.807, 2.05) is 6.07 Å². The van der Waals surface area contributed by atoms with Gasteiger partial charge in [0.1, 0.15) is 5.82 Å². The van der Waals surface area contributed by atoms with E-state index < -0.39 is 0 Å². The highest BCUT2D eigenvalue weighted by molar-refractivity contribution is 9.10. The number of halogens is 3. The van der Waals surface area contributed by atoms with Crippen molar-refractivity contribution in [1.29, 1.82) is 0 Å². The van der Waals surface area contributed by atoms with Gasteiger partial charge in [0, 0.05) is 6.04 Å². The molecule has 0 radical (unpaired) electrons. The first-order chi connectivity index (χ1) is 7.18. The SMILES string of the molecule is Cl.N[C@@H](c1ccc(Br)c(F)c1)C1CCCC1. The van der Waals surface area contributed by atoms with E-state index in [2.05, 4.69) is 15.9 Å². The molecule has 0 aromatic heterocycles. The van der Waals surface area contributed by atoms with Crippen LogP contribution in [-0.2, 0) is 0 Å². The third kappa shape index (κ3) is 2.96. The smallest absolute Gasteiger partial charge is 0.137 e. The lowest BCUT2D eigenvalue weighted by Gasteiger charge is -2.19. The van der Waals surface area contributed by atoms with Gasteiger partial charge in [-0.2, -0.15) is 0 Å². The van der Waals surface area contributed by atoms with Crippen molar-refractivity contribution in [2.24, 2.45) is 11.7 Å². The molecule has 1 nitrogen and oxygen atoms in total. The lowest BCUT2D eigenvalue weighted by molar-refractivity contribution is 0.443. The summed E-state index contributed by atoms with van der Waals surface area (Å²) in [6, 6.07) is 5.19. The molecular weight excluding hydrogens is 292 g/mol. The van der Waals surface area contributed by atoms with Crippen LogP contribution in [0.4, 0.5) is 4.39 Å². The van der Waals surface area contributed by atoms with E-state index in [9.17, 15) is 4.39 Å². The van der Waals surface area contributed by atoms with E-state index in [1.165, 1.54) is 25.7 Å². The van der Waals surface area contributed by atoms with Crippen molar-refractivity contribution < 1.29 is 4.39 Å². The Morgan fingerprint density at radius 1 is 1.31 bits per heavy atom. The van der Waals surface area contributed by atoms with Gasteiger partial charge in [-0.05, 0) is 52.4 Å². The zero-order valence-electron chi connectivity index (χ0n) is 8.96. The van der Waals surface area contributed by atoms with Crippen LogP contribution >= 0.6 is 28.3 Å². The fourth-order valence-corrected chi connectivity index (χ4v) is 2.56. The van der Waals surface area contributed by atoms with Gasteiger partial charge in [0.2, 0.25) is 0 Å². The van der Waals surface area contributed by atoms with E-state index in [-0.39, 0.29) is 24.3 Å². The molecular formula is C12H16BrClFN. The van der Waals surface area contributed by atoms with Crippen LogP contribution in [0.3, 0.4) is 0 Å². The summed E-state index contributed by atoms with van der Waals surface area (Å²) >= 11 is 3.15. The summed E-state index contributed by atoms with van der Waals surface area (Å²) in [5, 5.41) is 0. The summed E-state index contributed by atoms with van der Waals surface area (Å²) in [5.74, 6) is 0.312. The Labute approximate surface area is 110 Å². The molecule has 0 heterocycles. The maximum absolute atomic E-state index is 13.3. The van der Waals surface area contributed by atoms with Crippen LogP contribution in [0, 0.1) is 11.7 Å². The third-order valence-corrected chi connectivity index (χ3v) is 3.88.